The van der Waals surface area contributed by atoms with Gasteiger partial charge in [-0.25, -0.2) is 13.5 Å². The summed E-state index contributed by atoms with van der Waals surface area (Å²) in [5.41, 5.74) is -0.286. The van der Waals surface area contributed by atoms with Crippen LogP contribution in [0.1, 0.15) is 16.1 Å². The van der Waals surface area contributed by atoms with Crippen molar-refractivity contribution in [3.63, 3.8) is 0 Å². The molecule has 0 fully saturated rings. The number of hydrogen-bond donors (Lipinski definition) is 0. The van der Waals surface area contributed by atoms with Crippen molar-refractivity contribution >= 4 is 21.7 Å². The molecule has 1 aromatic carbocycles. The highest BCUT2D eigenvalue weighted by Gasteiger charge is 2.22. The van der Waals surface area contributed by atoms with E-state index < -0.39 is 17.4 Å². The first kappa shape index (κ1) is 11.8. The third-order valence-corrected chi connectivity index (χ3v) is 2.71. The van der Waals surface area contributed by atoms with Crippen LogP contribution in [0, 0.1) is 11.6 Å². The molecule has 0 aliphatic rings. The van der Waals surface area contributed by atoms with E-state index in [0.29, 0.717) is 0 Å². The summed E-state index contributed by atoms with van der Waals surface area (Å²) in [6, 6.07) is 2.69. The Balaban J connectivity index is 2.55. The molecule has 2 aromatic rings. The van der Waals surface area contributed by atoms with E-state index in [1.807, 2.05) is 0 Å². The summed E-state index contributed by atoms with van der Waals surface area (Å²) in [6.45, 7) is 0. The van der Waals surface area contributed by atoms with Gasteiger partial charge in [0.05, 0.1) is 5.56 Å². The summed E-state index contributed by atoms with van der Waals surface area (Å²) in [5.74, 6) is -2.15. The zero-order valence-corrected chi connectivity index (χ0v) is 10.2. The Labute approximate surface area is 103 Å². The van der Waals surface area contributed by atoms with Gasteiger partial charge in [0.1, 0.15) is 17.3 Å². The molecule has 0 unspecified atom stereocenters. The highest BCUT2D eigenvalue weighted by atomic mass is 79.9. The zero-order chi connectivity index (χ0) is 12.6. The number of ketones is 1. The van der Waals surface area contributed by atoms with Crippen LogP contribution in [0.3, 0.4) is 0 Å². The van der Waals surface area contributed by atoms with Crippen LogP contribution in [0.2, 0.25) is 0 Å². The van der Waals surface area contributed by atoms with E-state index in [-0.39, 0.29) is 15.9 Å². The Hall–Kier alpha value is -1.63. The van der Waals surface area contributed by atoms with Gasteiger partial charge in [0, 0.05) is 7.05 Å². The fourth-order valence-corrected chi connectivity index (χ4v) is 1.88. The molecule has 0 amide bonds. The smallest absolute Gasteiger partial charge is 0.216 e. The Kier molecular flexibility index (Phi) is 3.01. The molecule has 7 heteroatoms. The lowest BCUT2D eigenvalue weighted by Crippen LogP contribution is -2.11. The number of benzene rings is 1. The van der Waals surface area contributed by atoms with Gasteiger partial charge in [0.2, 0.25) is 5.78 Å². The Morgan fingerprint density at radius 3 is 2.71 bits per heavy atom. The molecule has 88 valence electrons. The highest BCUT2D eigenvalue weighted by molar-refractivity contribution is 9.10. The van der Waals surface area contributed by atoms with Crippen LogP contribution < -0.4 is 0 Å². The van der Waals surface area contributed by atoms with Crippen LogP contribution in [0.25, 0.3) is 0 Å². The standard InChI is InChI=1S/C10H6BrF2N3O/c1-16-8(10(11)14-15-16)9(17)6-4-5(12)2-3-7(6)13/h2-4H,1H3. The Bertz CT molecular complexity index is 578. The van der Waals surface area contributed by atoms with E-state index in [2.05, 4.69) is 26.2 Å². The molecule has 4 nitrogen and oxygen atoms in total. The number of nitrogens with zero attached hydrogens (tertiary/aromatic N) is 3. The maximum Gasteiger partial charge on any atom is 0.216 e. The molecule has 1 aromatic heterocycles. The molecule has 2 rings (SSSR count). The van der Waals surface area contributed by atoms with Crippen molar-refractivity contribution in [2.24, 2.45) is 7.05 Å². The molecule has 0 atom stereocenters. The van der Waals surface area contributed by atoms with Crippen molar-refractivity contribution in [1.82, 2.24) is 15.0 Å². The summed E-state index contributed by atoms with van der Waals surface area (Å²) in [7, 11) is 1.49. The topological polar surface area (TPSA) is 47.8 Å². The first-order valence-corrected chi connectivity index (χ1v) is 5.35. The van der Waals surface area contributed by atoms with Crippen molar-refractivity contribution in [3.05, 3.63) is 45.7 Å². The first-order valence-electron chi connectivity index (χ1n) is 4.55. The minimum Gasteiger partial charge on any atom is -0.287 e. The van der Waals surface area contributed by atoms with Crippen molar-refractivity contribution in [3.8, 4) is 0 Å². The minimum atomic E-state index is -0.787. The number of aromatic nitrogens is 3. The van der Waals surface area contributed by atoms with Gasteiger partial charge in [0.25, 0.3) is 0 Å². The first-order chi connectivity index (χ1) is 8.00. The molecular formula is C10H6BrF2N3O. The predicted octanol–water partition coefficient (Wildman–Crippen LogP) is 2.09. The van der Waals surface area contributed by atoms with E-state index in [4.69, 9.17) is 0 Å². The third-order valence-electron chi connectivity index (χ3n) is 2.17. The molecule has 0 saturated carbocycles. The number of carbonyl (C=O) groups excluding carboxylic acids is 1. The number of aryl methyl sites for hydroxylation is 1. The minimum absolute atomic E-state index is 0.0644. The lowest BCUT2D eigenvalue weighted by Gasteiger charge is -2.03. The molecule has 0 aliphatic heterocycles. The van der Waals surface area contributed by atoms with Crippen LogP contribution in [0.5, 0.6) is 0 Å². The Morgan fingerprint density at radius 2 is 2.12 bits per heavy atom. The monoisotopic (exact) mass is 301 g/mol. The summed E-state index contributed by atoms with van der Waals surface area (Å²) in [4.78, 5) is 12.0. The molecule has 0 radical (unpaired) electrons. The normalized spacial score (nSPS) is 10.6. The van der Waals surface area contributed by atoms with Gasteiger partial charge in [-0.2, -0.15) is 0 Å². The van der Waals surface area contributed by atoms with E-state index in [0.717, 1.165) is 18.2 Å². The quantitative estimate of drug-likeness (QED) is 0.798. The molecule has 0 aliphatic carbocycles. The van der Waals surface area contributed by atoms with Gasteiger partial charge in [-0.3, -0.25) is 4.79 Å². The van der Waals surface area contributed by atoms with Crippen LogP contribution in [-0.4, -0.2) is 20.8 Å². The Morgan fingerprint density at radius 1 is 1.41 bits per heavy atom. The molecule has 1 heterocycles. The van der Waals surface area contributed by atoms with E-state index >= 15 is 0 Å². The molecular weight excluding hydrogens is 296 g/mol. The van der Waals surface area contributed by atoms with Crippen LogP contribution in [0.15, 0.2) is 22.8 Å². The number of halogens is 3. The SMILES string of the molecule is Cn1nnc(Br)c1C(=O)c1cc(F)ccc1F. The molecule has 0 bridgehead atoms. The van der Waals surface area contributed by atoms with Crippen LogP contribution in [0.4, 0.5) is 8.78 Å². The molecule has 0 saturated heterocycles. The van der Waals surface area contributed by atoms with E-state index in [1.165, 1.54) is 11.7 Å². The van der Waals surface area contributed by atoms with Gasteiger partial charge >= 0.3 is 0 Å². The maximum absolute atomic E-state index is 13.4. The van der Waals surface area contributed by atoms with E-state index in [1.54, 1.807) is 0 Å². The van der Waals surface area contributed by atoms with Crippen molar-refractivity contribution in [1.29, 1.82) is 0 Å². The predicted molar refractivity (Wildman–Crippen MR) is 58.5 cm³/mol. The van der Waals surface area contributed by atoms with Gasteiger partial charge in [0.15, 0.2) is 4.60 Å². The largest absolute Gasteiger partial charge is 0.287 e. The number of carbonyl (C=O) groups is 1. The second-order valence-corrected chi connectivity index (χ2v) is 4.06. The van der Waals surface area contributed by atoms with Gasteiger partial charge < -0.3 is 0 Å². The van der Waals surface area contributed by atoms with Crippen LogP contribution >= 0.6 is 15.9 Å². The lowest BCUT2D eigenvalue weighted by atomic mass is 10.1. The zero-order valence-electron chi connectivity index (χ0n) is 8.62. The average Bonchev–Trinajstić information content (AvgIpc) is 2.61. The highest BCUT2D eigenvalue weighted by Crippen LogP contribution is 2.19. The molecule has 0 spiro atoms. The van der Waals surface area contributed by atoms with Crippen LogP contribution in [-0.2, 0) is 7.05 Å². The lowest BCUT2D eigenvalue weighted by molar-refractivity contribution is 0.102. The molecule has 0 N–H and O–H groups in total. The summed E-state index contributed by atoms with van der Waals surface area (Å²) in [6.07, 6.45) is 0. The van der Waals surface area contributed by atoms with Crippen molar-refractivity contribution in [2.75, 3.05) is 0 Å². The second kappa shape index (κ2) is 4.33. The molecule has 17 heavy (non-hydrogen) atoms. The third kappa shape index (κ3) is 2.10. The summed E-state index contributed by atoms with van der Waals surface area (Å²) in [5, 5.41) is 7.21. The number of hydrogen-bond acceptors (Lipinski definition) is 3. The second-order valence-electron chi connectivity index (χ2n) is 3.31. The van der Waals surface area contributed by atoms with Crippen molar-refractivity contribution in [2.45, 2.75) is 0 Å². The van der Waals surface area contributed by atoms with Crippen molar-refractivity contribution < 1.29 is 13.6 Å². The summed E-state index contributed by atoms with van der Waals surface area (Å²) < 4.78 is 27.8. The number of rotatable bonds is 2. The fourth-order valence-electron chi connectivity index (χ4n) is 1.37. The average molecular weight is 302 g/mol. The fraction of sp³-hybridized carbons (Fsp3) is 0.100. The summed E-state index contributed by atoms with van der Waals surface area (Å²) >= 11 is 3.03. The maximum atomic E-state index is 13.4. The van der Waals surface area contributed by atoms with E-state index in [9.17, 15) is 13.6 Å². The van der Waals surface area contributed by atoms with Gasteiger partial charge in [-0.1, -0.05) is 5.21 Å². The van der Waals surface area contributed by atoms with Gasteiger partial charge in [-0.15, -0.1) is 5.10 Å². The van der Waals surface area contributed by atoms with Gasteiger partial charge in [-0.05, 0) is 34.1 Å².